The molecule has 1 aliphatic carbocycles. The molecule has 2 amide bonds. The summed E-state index contributed by atoms with van der Waals surface area (Å²) >= 11 is 5.86. The molecule has 2 aromatic heterocycles. The second kappa shape index (κ2) is 7.11. The van der Waals surface area contributed by atoms with Crippen molar-refractivity contribution in [2.24, 2.45) is 5.92 Å². The van der Waals surface area contributed by atoms with Crippen LogP contribution < -0.4 is 5.32 Å². The molecule has 5 rings (SSSR count). The number of halogens is 1. The Hall–Kier alpha value is -3.00. The highest BCUT2D eigenvalue weighted by Crippen LogP contribution is 2.43. The maximum atomic E-state index is 13.2. The van der Waals surface area contributed by atoms with Gasteiger partial charge in [0.15, 0.2) is 5.82 Å². The SMILES string of the molecule is O=C(Nc1cncc(Cl)n1)C1[C@H]2CC[C@H](C2)N1C(=O)Cn1ncc2ccccc21. The molecule has 2 bridgehead atoms. The number of para-hydroxylation sites is 1. The van der Waals surface area contributed by atoms with Gasteiger partial charge in [-0.25, -0.2) is 4.98 Å². The summed E-state index contributed by atoms with van der Waals surface area (Å²) in [5, 5.41) is 8.31. The van der Waals surface area contributed by atoms with Gasteiger partial charge in [-0.2, -0.15) is 5.10 Å². The number of hydrogen-bond acceptors (Lipinski definition) is 5. The number of carbonyl (C=O) groups is 2. The van der Waals surface area contributed by atoms with Crippen LogP contribution >= 0.6 is 11.6 Å². The van der Waals surface area contributed by atoms with E-state index in [9.17, 15) is 9.59 Å². The van der Waals surface area contributed by atoms with Gasteiger partial charge in [0.05, 0.1) is 24.1 Å². The van der Waals surface area contributed by atoms with Crippen molar-refractivity contribution in [3.05, 3.63) is 48.0 Å². The molecule has 8 nitrogen and oxygen atoms in total. The van der Waals surface area contributed by atoms with Crippen molar-refractivity contribution in [3.63, 3.8) is 0 Å². The van der Waals surface area contributed by atoms with Crippen LogP contribution in [0, 0.1) is 5.92 Å². The Morgan fingerprint density at radius 3 is 2.90 bits per heavy atom. The number of nitrogens with one attached hydrogen (secondary N) is 1. The fourth-order valence-electron chi connectivity index (χ4n) is 4.65. The average molecular weight is 411 g/mol. The number of hydrogen-bond donors (Lipinski definition) is 1. The molecule has 3 atom stereocenters. The molecule has 148 valence electrons. The molecule has 1 saturated carbocycles. The van der Waals surface area contributed by atoms with E-state index in [0.29, 0.717) is 0 Å². The van der Waals surface area contributed by atoms with Gasteiger partial charge in [-0.1, -0.05) is 29.8 Å². The van der Waals surface area contributed by atoms with Crippen LogP contribution in [0.25, 0.3) is 10.9 Å². The molecule has 1 saturated heterocycles. The Labute approximate surface area is 171 Å². The molecule has 1 N–H and O–H groups in total. The van der Waals surface area contributed by atoms with Crippen LogP contribution in [0.3, 0.4) is 0 Å². The van der Waals surface area contributed by atoms with E-state index >= 15 is 0 Å². The van der Waals surface area contributed by atoms with Gasteiger partial charge in [-0.05, 0) is 31.2 Å². The summed E-state index contributed by atoms with van der Waals surface area (Å²) in [5.74, 6) is 0.108. The van der Waals surface area contributed by atoms with Crippen molar-refractivity contribution in [3.8, 4) is 0 Å². The van der Waals surface area contributed by atoms with E-state index in [1.807, 2.05) is 24.3 Å². The summed E-state index contributed by atoms with van der Waals surface area (Å²) in [6.45, 7) is 0.109. The van der Waals surface area contributed by atoms with E-state index in [1.54, 1.807) is 15.8 Å². The van der Waals surface area contributed by atoms with Gasteiger partial charge in [-0.15, -0.1) is 0 Å². The van der Waals surface area contributed by atoms with E-state index in [0.717, 1.165) is 30.2 Å². The first-order valence-electron chi connectivity index (χ1n) is 9.60. The number of amides is 2. The van der Waals surface area contributed by atoms with Gasteiger partial charge in [0.1, 0.15) is 17.7 Å². The minimum atomic E-state index is -0.510. The predicted octanol–water partition coefficient (Wildman–Crippen LogP) is 2.50. The molecule has 1 unspecified atom stereocenters. The topological polar surface area (TPSA) is 93.0 Å². The molecule has 2 fully saturated rings. The highest BCUT2D eigenvalue weighted by molar-refractivity contribution is 6.29. The molecule has 1 aromatic carbocycles. The lowest BCUT2D eigenvalue weighted by molar-refractivity contribution is -0.141. The quantitative estimate of drug-likeness (QED) is 0.713. The minimum absolute atomic E-state index is 0.0931. The van der Waals surface area contributed by atoms with E-state index < -0.39 is 6.04 Å². The maximum Gasteiger partial charge on any atom is 0.248 e. The second-order valence-electron chi connectivity index (χ2n) is 7.55. The standard InChI is InChI=1S/C20H19ClN6O2/c21-16-9-22-10-17(24-16)25-20(29)19-12-5-6-14(7-12)27(19)18(28)11-26-15-4-2-1-3-13(15)8-23-26/h1-4,8-10,12,14,19H,5-7,11H2,(H,24,25,29)/t12-,14+,19?/m0/s1. The monoisotopic (exact) mass is 410 g/mol. The van der Waals surface area contributed by atoms with Gasteiger partial charge >= 0.3 is 0 Å². The van der Waals surface area contributed by atoms with Crippen LogP contribution in [0.1, 0.15) is 19.3 Å². The van der Waals surface area contributed by atoms with Crippen molar-refractivity contribution in [2.75, 3.05) is 5.32 Å². The third kappa shape index (κ3) is 3.23. The van der Waals surface area contributed by atoms with Crippen molar-refractivity contribution in [1.82, 2.24) is 24.6 Å². The highest BCUT2D eigenvalue weighted by atomic mass is 35.5. The lowest BCUT2D eigenvalue weighted by atomic mass is 9.97. The Bertz CT molecular complexity index is 1100. The van der Waals surface area contributed by atoms with E-state index in [4.69, 9.17) is 11.6 Å². The molecule has 29 heavy (non-hydrogen) atoms. The summed E-state index contributed by atoms with van der Waals surface area (Å²) in [6, 6.07) is 7.34. The van der Waals surface area contributed by atoms with Gasteiger partial charge in [0.2, 0.25) is 11.8 Å². The van der Waals surface area contributed by atoms with Crippen LogP contribution in [0.2, 0.25) is 5.15 Å². The first-order chi connectivity index (χ1) is 14.1. The third-order valence-electron chi connectivity index (χ3n) is 5.83. The van der Waals surface area contributed by atoms with Crippen molar-refractivity contribution < 1.29 is 9.59 Å². The molecule has 3 heterocycles. The summed E-state index contributed by atoms with van der Waals surface area (Å²) in [5.41, 5.74) is 0.903. The molecular formula is C20H19ClN6O2. The molecule has 2 aliphatic rings. The van der Waals surface area contributed by atoms with E-state index in [-0.39, 0.29) is 41.3 Å². The summed E-state index contributed by atoms with van der Waals surface area (Å²) in [7, 11) is 0. The molecule has 1 aliphatic heterocycles. The van der Waals surface area contributed by atoms with Gasteiger partial charge in [-0.3, -0.25) is 19.3 Å². The molecular weight excluding hydrogens is 392 g/mol. The van der Waals surface area contributed by atoms with Crippen molar-refractivity contribution in [2.45, 2.75) is 37.9 Å². The van der Waals surface area contributed by atoms with Crippen molar-refractivity contribution >= 4 is 40.1 Å². The van der Waals surface area contributed by atoms with Crippen LogP contribution in [-0.4, -0.2) is 48.5 Å². The van der Waals surface area contributed by atoms with Crippen LogP contribution in [0.5, 0.6) is 0 Å². The van der Waals surface area contributed by atoms with Crippen LogP contribution in [0.15, 0.2) is 42.9 Å². The second-order valence-corrected chi connectivity index (χ2v) is 7.94. The Morgan fingerprint density at radius 2 is 2.03 bits per heavy atom. The Morgan fingerprint density at radius 1 is 1.17 bits per heavy atom. The van der Waals surface area contributed by atoms with Gasteiger partial charge in [0, 0.05) is 11.4 Å². The lowest BCUT2D eigenvalue weighted by Crippen LogP contribution is -2.52. The number of piperidine rings is 1. The third-order valence-corrected chi connectivity index (χ3v) is 6.02. The lowest BCUT2D eigenvalue weighted by Gasteiger charge is -2.34. The zero-order valence-corrected chi connectivity index (χ0v) is 16.3. The Kier molecular flexibility index (Phi) is 4.43. The normalized spacial score (nSPS) is 22.9. The zero-order chi connectivity index (χ0) is 20.0. The summed E-state index contributed by atoms with van der Waals surface area (Å²) in [6.07, 6.45) is 7.32. The fraction of sp³-hybridized carbons (Fsp3) is 0.350. The van der Waals surface area contributed by atoms with Crippen LogP contribution in [0.4, 0.5) is 5.82 Å². The van der Waals surface area contributed by atoms with E-state index in [1.165, 1.54) is 12.4 Å². The number of aromatic nitrogens is 4. The summed E-state index contributed by atoms with van der Waals surface area (Å²) in [4.78, 5) is 36.0. The number of likely N-dealkylation sites (tertiary alicyclic amines) is 1. The summed E-state index contributed by atoms with van der Waals surface area (Å²) < 4.78 is 1.70. The first-order valence-corrected chi connectivity index (χ1v) is 9.98. The largest absolute Gasteiger partial charge is 0.326 e. The maximum absolute atomic E-state index is 13.2. The molecule has 0 spiro atoms. The first kappa shape index (κ1) is 18.1. The number of carbonyl (C=O) groups excluding carboxylic acids is 2. The number of anilines is 1. The average Bonchev–Trinajstić information content (AvgIpc) is 3.42. The van der Waals surface area contributed by atoms with Gasteiger partial charge in [0.25, 0.3) is 0 Å². The Balaban J connectivity index is 1.37. The molecule has 0 radical (unpaired) electrons. The number of benzene rings is 1. The highest BCUT2D eigenvalue weighted by Gasteiger charge is 2.51. The van der Waals surface area contributed by atoms with Gasteiger partial charge < -0.3 is 10.2 Å². The molecule has 3 aromatic rings. The fourth-order valence-corrected chi connectivity index (χ4v) is 4.80. The number of fused-ring (bicyclic) bond motifs is 3. The molecule has 9 heteroatoms. The smallest absolute Gasteiger partial charge is 0.248 e. The van der Waals surface area contributed by atoms with E-state index in [2.05, 4.69) is 20.4 Å². The zero-order valence-electron chi connectivity index (χ0n) is 15.5. The number of rotatable bonds is 4. The predicted molar refractivity (Wildman–Crippen MR) is 107 cm³/mol. The number of nitrogens with zero attached hydrogens (tertiary/aromatic N) is 5. The minimum Gasteiger partial charge on any atom is -0.326 e. The van der Waals surface area contributed by atoms with Crippen LogP contribution in [-0.2, 0) is 16.1 Å². The van der Waals surface area contributed by atoms with Crippen molar-refractivity contribution in [1.29, 1.82) is 0 Å².